The first kappa shape index (κ1) is 12.4. The van der Waals surface area contributed by atoms with Gasteiger partial charge in [0.25, 0.3) is 0 Å². The molecule has 0 aromatic carbocycles. The third-order valence-corrected chi connectivity index (χ3v) is 2.13. The highest BCUT2D eigenvalue weighted by molar-refractivity contribution is 5.43. The summed E-state index contributed by atoms with van der Waals surface area (Å²) < 4.78 is 0. The minimum absolute atomic E-state index is 0.368. The van der Waals surface area contributed by atoms with Crippen LogP contribution < -0.4 is 21.5 Å². The number of nitrogens with zero attached hydrogens (tertiary/aromatic N) is 4. The van der Waals surface area contributed by atoms with Gasteiger partial charge >= 0.3 is 0 Å². The van der Waals surface area contributed by atoms with E-state index < -0.39 is 0 Å². The molecular weight excluding hydrogens is 206 g/mol. The van der Waals surface area contributed by atoms with Crippen LogP contribution in [0.3, 0.4) is 0 Å². The van der Waals surface area contributed by atoms with Crippen molar-refractivity contribution in [3.63, 3.8) is 0 Å². The third-order valence-electron chi connectivity index (χ3n) is 2.13. The van der Waals surface area contributed by atoms with Crippen molar-refractivity contribution < 1.29 is 0 Å². The summed E-state index contributed by atoms with van der Waals surface area (Å²) in [6, 6.07) is 0. The number of hydrogen-bond acceptors (Lipinski definition) is 7. The lowest BCUT2D eigenvalue weighted by molar-refractivity contribution is 0.812. The van der Waals surface area contributed by atoms with Crippen LogP contribution in [0.15, 0.2) is 0 Å². The first-order valence-electron chi connectivity index (χ1n) is 5.46. The number of nitrogen functional groups attached to an aromatic ring is 1. The summed E-state index contributed by atoms with van der Waals surface area (Å²) in [6.45, 7) is 8.53. The monoisotopic (exact) mass is 225 g/mol. The van der Waals surface area contributed by atoms with E-state index in [1.807, 2.05) is 11.8 Å². The molecule has 0 atom stereocenters. The Balaban J connectivity index is 3.02. The molecule has 0 spiro atoms. The van der Waals surface area contributed by atoms with Gasteiger partial charge in [-0.2, -0.15) is 15.0 Å². The molecule has 1 aromatic rings. The molecule has 0 fully saturated rings. The summed E-state index contributed by atoms with van der Waals surface area (Å²) in [5.41, 5.74) is 2.44. The number of hydrazine groups is 1. The molecule has 0 amide bonds. The summed E-state index contributed by atoms with van der Waals surface area (Å²) in [5.74, 6) is 6.85. The molecule has 7 nitrogen and oxygen atoms in total. The van der Waals surface area contributed by atoms with Gasteiger partial charge in [-0.05, 0) is 20.8 Å². The summed E-state index contributed by atoms with van der Waals surface area (Å²) in [7, 11) is 0. The second kappa shape index (κ2) is 6.06. The van der Waals surface area contributed by atoms with E-state index in [0.29, 0.717) is 17.8 Å². The van der Waals surface area contributed by atoms with Gasteiger partial charge in [-0.15, -0.1) is 0 Å². The van der Waals surface area contributed by atoms with E-state index in [-0.39, 0.29) is 0 Å². The van der Waals surface area contributed by atoms with Crippen LogP contribution in [0.4, 0.5) is 17.8 Å². The fraction of sp³-hybridized carbons (Fsp3) is 0.667. The van der Waals surface area contributed by atoms with Gasteiger partial charge in [-0.25, -0.2) is 5.84 Å². The molecule has 0 aliphatic rings. The van der Waals surface area contributed by atoms with Crippen molar-refractivity contribution in [3.8, 4) is 0 Å². The number of anilines is 3. The van der Waals surface area contributed by atoms with E-state index in [0.717, 1.165) is 19.6 Å². The van der Waals surface area contributed by atoms with Crippen molar-refractivity contribution in [2.75, 3.05) is 35.3 Å². The molecule has 16 heavy (non-hydrogen) atoms. The van der Waals surface area contributed by atoms with Gasteiger partial charge in [-0.3, -0.25) is 5.43 Å². The average molecular weight is 225 g/mol. The zero-order valence-electron chi connectivity index (χ0n) is 9.99. The third kappa shape index (κ3) is 2.93. The van der Waals surface area contributed by atoms with E-state index in [9.17, 15) is 0 Å². The Bertz CT molecular complexity index is 324. The molecular formula is C9H19N7. The second-order valence-corrected chi connectivity index (χ2v) is 3.13. The summed E-state index contributed by atoms with van der Waals surface area (Å²) in [4.78, 5) is 14.6. The SMILES string of the molecule is CCNc1nc(NN)nc(N(CC)CC)n1. The van der Waals surface area contributed by atoms with Crippen LogP contribution in [0, 0.1) is 0 Å². The Morgan fingerprint density at radius 3 is 2.19 bits per heavy atom. The molecule has 0 bridgehead atoms. The van der Waals surface area contributed by atoms with Gasteiger partial charge in [0.2, 0.25) is 17.8 Å². The van der Waals surface area contributed by atoms with Crippen molar-refractivity contribution >= 4 is 17.8 Å². The van der Waals surface area contributed by atoms with Crippen LogP contribution in [0.25, 0.3) is 0 Å². The van der Waals surface area contributed by atoms with E-state index in [1.54, 1.807) is 0 Å². The minimum atomic E-state index is 0.368. The van der Waals surface area contributed by atoms with Crippen LogP contribution in [-0.2, 0) is 0 Å². The largest absolute Gasteiger partial charge is 0.354 e. The van der Waals surface area contributed by atoms with Crippen molar-refractivity contribution in [3.05, 3.63) is 0 Å². The van der Waals surface area contributed by atoms with Gasteiger partial charge in [0.15, 0.2) is 0 Å². The highest BCUT2D eigenvalue weighted by Crippen LogP contribution is 2.12. The van der Waals surface area contributed by atoms with Crippen LogP contribution in [-0.4, -0.2) is 34.6 Å². The standard InChI is InChI=1S/C9H19N7/c1-4-11-7-12-8(15-10)14-9(13-7)16(5-2)6-3/h4-6,10H2,1-3H3,(H2,11,12,13,14,15). The number of aromatic nitrogens is 3. The molecule has 0 radical (unpaired) electrons. The van der Waals surface area contributed by atoms with Crippen molar-refractivity contribution in [1.29, 1.82) is 0 Å². The maximum atomic E-state index is 5.32. The molecule has 0 saturated carbocycles. The van der Waals surface area contributed by atoms with Crippen LogP contribution in [0.2, 0.25) is 0 Å². The van der Waals surface area contributed by atoms with Crippen molar-refractivity contribution in [2.45, 2.75) is 20.8 Å². The minimum Gasteiger partial charge on any atom is -0.354 e. The Hall–Kier alpha value is -1.63. The number of nitrogens with two attached hydrogens (primary N) is 1. The van der Waals surface area contributed by atoms with E-state index in [4.69, 9.17) is 5.84 Å². The molecule has 0 unspecified atom stereocenters. The van der Waals surface area contributed by atoms with E-state index in [1.165, 1.54) is 0 Å². The number of hydrogen-bond donors (Lipinski definition) is 3. The first-order valence-corrected chi connectivity index (χ1v) is 5.46. The van der Waals surface area contributed by atoms with Crippen LogP contribution in [0.5, 0.6) is 0 Å². The smallest absolute Gasteiger partial charge is 0.243 e. The molecule has 90 valence electrons. The summed E-state index contributed by atoms with van der Waals surface area (Å²) >= 11 is 0. The molecule has 7 heteroatoms. The van der Waals surface area contributed by atoms with Gasteiger partial charge in [0, 0.05) is 19.6 Å². The molecule has 1 rings (SSSR count). The van der Waals surface area contributed by atoms with E-state index in [2.05, 4.69) is 39.5 Å². The Morgan fingerprint density at radius 2 is 1.69 bits per heavy atom. The van der Waals surface area contributed by atoms with Crippen LogP contribution in [0.1, 0.15) is 20.8 Å². The molecule has 4 N–H and O–H groups in total. The number of rotatable bonds is 6. The fourth-order valence-electron chi connectivity index (χ4n) is 1.31. The van der Waals surface area contributed by atoms with Gasteiger partial charge in [0.1, 0.15) is 0 Å². The lowest BCUT2D eigenvalue weighted by Gasteiger charge is -2.19. The molecule has 0 aliphatic heterocycles. The quantitative estimate of drug-likeness (QED) is 0.477. The van der Waals surface area contributed by atoms with Crippen molar-refractivity contribution in [2.24, 2.45) is 5.84 Å². The lowest BCUT2D eigenvalue weighted by Crippen LogP contribution is -2.26. The lowest BCUT2D eigenvalue weighted by atomic mass is 10.5. The summed E-state index contributed by atoms with van der Waals surface area (Å²) in [6.07, 6.45) is 0. The second-order valence-electron chi connectivity index (χ2n) is 3.13. The van der Waals surface area contributed by atoms with Crippen molar-refractivity contribution in [1.82, 2.24) is 15.0 Å². The Labute approximate surface area is 95.4 Å². The Morgan fingerprint density at radius 1 is 1.06 bits per heavy atom. The molecule has 0 saturated heterocycles. The normalized spacial score (nSPS) is 10.0. The first-order chi connectivity index (χ1) is 7.74. The predicted molar refractivity (Wildman–Crippen MR) is 65.4 cm³/mol. The van der Waals surface area contributed by atoms with Gasteiger partial charge in [-0.1, -0.05) is 0 Å². The van der Waals surface area contributed by atoms with Gasteiger partial charge in [0.05, 0.1) is 0 Å². The van der Waals surface area contributed by atoms with E-state index >= 15 is 0 Å². The molecule has 1 heterocycles. The predicted octanol–water partition coefficient (Wildman–Crippen LogP) is 0.435. The highest BCUT2D eigenvalue weighted by Gasteiger charge is 2.09. The molecule has 1 aromatic heterocycles. The number of nitrogens with one attached hydrogen (secondary N) is 2. The Kier molecular flexibility index (Phi) is 4.71. The van der Waals surface area contributed by atoms with Gasteiger partial charge < -0.3 is 10.2 Å². The maximum absolute atomic E-state index is 5.32. The molecule has 0 aliphatic carbocycles. The fourth-order valence-corrected chi connectivity index (χ4v) is 1.31. The topological polar surface area (TPSA) is 92.0 Å². The zero-order valence-corrected chi connectivity index (χ0v) is 9.99. The van der Waals surface area contributed by atoms with Crippen LogP contribution >= 0.6 is 0 Å². The summed E-state index contributed by atoms with van der Waals surface area (Å²) in [5, 5.41) is 3.04. The zero-order chi connectivity index (χ0) is 12.0. The maximum Gasteiger partial charge on any atom is 0.243 e. The average Bonchev–Trinajstić information content (AvgIpc) is 2.31. The highest BCUT2D eigenvalue weighted by atomic mass is 15.4.